The molecule has 3 rings (SSSR count). The van der Waals surface area contributed by atoms with E-state index in [9.17, 15) is 22.0 Å². The van der Waals surface area contributed by atoms with Gasteiger partial charge in [0.05, 0.1) is 27.9 Å². The standard InChI is InChI=1S/C19H15Cl2F2N3O4S/c1-9(10-6-13(22)17(14(23)7-10)26-31(2,28)29)24-18(27)15-8-30-19(25-15)11-4-3-5-12(20)16(11)21/h3-9,26H,1-2H3,(H,24,27)/t9-/m1/s1. The highest BCUT2D eigenvalue weighted by molar-refractivity contribution is 7.92. The first-order chi connectivity index (χ1) is 14.5. The molecule has 0 bridgehead atoms. The molecular formula is C19H15Cl2F2N3O4S. The zero-order valence-corrected chi connectivity index (χ0v) is 18.4. The van der Waals surface area contributed by atoms with Gasteiger partial charge in [-0.3, -0.25) is 9.52 Å². The first kappa shape index (κ1) is 23.0. The Kier molecular flexibility index (Phi) is 6.54. The van der Waals surface area contributed by atoms with E-state index in [1.54, 1.807) is 22.9 Å². The molecule has 7 nitrogen and oxygen atoms in total. The van der Waals surface area contributed by atoms with E-state index in [0.717, 1.165) is 24.7 Å². The molecule has 2 aromatic carbocycles. The number of hydrogen-bond donors (Lipinski definition) is 2. The van der Waals surface area contributed by atoms with Crippen LogP contribution in [-0.4, -0.2) is 25.6 Å². The van der Waals surface area contributed by atoms with Crippen molar-refractivity contribution in [2.45, 2.75) is 13.0 Å². The van der Waals surface area contributed by atoms with E-state index in [1.807, 2.05) is 0 Å². The number of rotatable bonds is 6. The Balaban J connectivity index is 1.78. The van der Waals surface area contributed by atoms with E-state index in [0.29, 0.717) is 5.56 Å². The molecule has 1 aromatic heterocycles. The highest BCUT2D eigenvalue weighted by Crippen LogP contribution is 2.33. The van der Waals surface area contributed by atoms with Crippen molar-refractivity contribution in [3.63, 3.8) is 0 Å². The van der Waals surface area contributed by atoms with E-state index in [1.165, 1.54) is 6.92 Å². The van der Waals surface area contributed by atoms with Gasteiger partial charge in [-0.15, -0.1) is 0 Å². The molecule has 3 aromatic rings. The zero-order chi connectivity index (χ0) is 22.9. The number of amides is 1. The van der Waals surface area contributed by atoms with Crippen LogP contribution in [0, 0.1) is 11.6 Å². The number of hydrogen-bond acceptors (Lipinski definition) is 5. The van der Waals surface area contributed by atoms with Crippen LogP contribution >= 0.6 is 23.2 Å². The molecule has 164 valence electrons. The average molecular weight is 490 g/mol. The maximum atomic E-state index is 14.2. The van der Waals surface area contributed by atoms with Gasteiger partial charge < -0.3 is 9.73 Å². The maximum absolute atomic E-state index is 14.2. The van der Waals surface area contributed by atoms with Crippen LogP contribution in [0.4, 0.5) is 14.5 Å². The zero-order valence-electron chi connectivity index (χ0n) is 16.0. The average Bonchev–Trinajstić information content (AvgIpc) is 3.16. The molecule has 0 aliphatic rings. The predicted octanol–water partition coefficient (Wildman–Crippen LogP) is 4.79. The monoisotopic (exact) mass is 489 g/mol. The molecule has 0 saturated carbocycles. The van der Waals surface area contributed by atoms with Crippen LogP contribution < -0.4 is 10.0 Å². The Morgan fingerprint density at radius 1 is 1.19 bits per heavy atom. The van der Waals surface area contributed by atoms with Crippen LogP contribution in [0.3, 0.4) is 0 Å². The molecule has 1 atom stereocenters. The maximum Gasteiger partial charge on any atom is 0.273 e. The Bertz CT molecular complexity index is 1240. The molecule has 2 N–H and O–H groups in total. The summed E-state index contributed by atoms with van der Waals surface area (Å²) in [5.41, 5.74) is -0.429. The van der Waals surface area contributed by atoms with Crippen molar-refractivity contribution >= 4 is 44.8 Å². The number of carbonyl (C=O) groups is 1. The van der Waals surface area contributed by atoms with E-state index in [4.69, 9.17) is 27.6 Å². The van der Waals surface area contributed by atoms with Crippen molar-refractivity contribution in [3.05, 3.63) is 69.5 Å². The fraction of sp³-hybridized carbons (Fsp3) is 0.158. The van der Waals surface area contributed by atoms with Gasteiger partial charge in [-0.1, -0.05) is 29.3 Å². The lowest BCUT2D eigenvalue weighted by atomic mass is 10.1. The molecule has 1 amide bonds. The van der Waals surface area contributed by atoms with Gasteiger partial charge in [-0.2, -0.15) is 0 Å². The fourth-order valence-corrected chi connectivity index (χ4v) is 3.60. The van der Waals surface area contributed by atoms with Gasteiger partial charge >= 0.3 is 0 Å². The molecule has 31 heavy (non-hydrogen) atoms. The summed E-state index contributed by atoms with van der Waals surface area (Å²) in [4.78, 5) is 16.5. The third-order valence-corrected chi connectivity index (χ3v) is 5.51. The van der Waals surface area contributed by atoms with Crippen molar-refractivity contribution in [1.29, 1.82) is 0 Å². The molecule has 12 heteroatoms. The van der Waals surface area contributed by atoms with Gasteiger partial charge in [0, 0.05) is 0 Å². The van der Waals surface area contributed by atoms with Crippen LogP contribution in [-0.2, 0) is 10.0 Å². The van der Waals surface area contributed by atoms with Gasteiger partial charge in [0.25, 0.3) is 5.91 Å². The Morgan fingerprint density at radius 2 is 1.84 bits per heavy atom. The minimum absolute atomic E-state index is 0.0681. The first-order valence-electron chi connectivity index (χ1n) is 8.63. The van der Waals surface area contributed by atoms with Gasteiger partial charge in [-0.25, -0.2) is 22.2 Å². The second-order valence-corrected chi connectivity index (χ2v) is 9.10. The van der Waals surface area contributed by atoms with Gasteiger partial charge in [0.15, 0.2) is 17.3 Å². The third kappa shape index (κ3) is 5.33. The Hall–Kier alpha value is -2.69. The Labute approximate surface area is 186 Å². The summed E-state index contributed by atoms with van der Waals surface area (Å²) < 4.78 is 57.9. The summed E-state index contributed by atoms with van der Waals surface area (Å²) in [6.07, 6.45) is 1.88. The second kappa shape index (κ2) is 8.81. The predicted molar refractivity (Wildman–Crippen MR) is 113 cm³/mol. The lowest BCUT2D eigenvalue weighted by molar-refractivity contribution is 0.0934. The summed E-state index contributed by atoms with van der Waals surface area (Å²) >= 11 is 12.1. The Morgan fingerprint density at radius 3 is 2.45 bits per heavy atom. The van der Waals surface area contributed by atoms with E-state index < -0.39 is 39.3 Å². The highest BCUT2D eigenvalue weighted by Gasteiger charge is 2.21. The minimum atomic E-state index is -3.87. The summed E-state index contributed by atoms with van der Waals surface area (Å²) in [6, 6.07) is 5.84. The van der Waals surface area contributed by atoms with Crippen molar-refractivity contribution in [3.8, 4) is 11.5 Å². The third-order valence-electron chi connectivity index (χ3n) is 4.12. The number of carbonyl (C=O) groups excluding carboxylic acids is 1. The van der Waals surface area contributed by atoms with E-state index >= 15 is 0 Å². The van der Waals surface area contributed by atoms with Crippen molar-refractivity contribution in [1.82, 2.24) is 10.3 Å². The van der Waals surface area contributed by atoms with Crippen LogP contribution in [0.15, 0.2) is 41.0 Å². The number of benzene rings is 2. The summed E-state index contributed by atoms with van der Waals surface area (Å²) in [5.74, 6) is -2.85. The fourth-order valence-electron chi connectivity index (χ4n) is 2.65. The van der Waals surface area contributed by atoms with Crippen LogP contribution in [0.2, 0.25) is 10.0 Å². The number of nitrogens with zero attached hydrogens (tertiary/aromatic N) is 1. The first-order valence-corrected chi connectivity index (χ1v) is 11.3. The summed E-state index contributed by atoms with van der Waals surface area (Å²) in [5, 5.41) is 3.03. The highest BCUT2D eigenvalue weighted by atomic mass is 35.5. The normalized spacial score (nSPS) is 12.5. The van der Waals surface area contributed by atoms with Crippen LogP contribution in [0.25, 0.3) is 11.5 Å². The number of aromatic nitrogens is 1. The molecule has 0 aliphatic heterocycles. The molecule has 0 unspecified atom stereocenters. The van der Waals surface area contributed by atoms with Crippen LogP contribution in [0.1, 0.15) is 29.0 Å². The van der Waals surface area contributed by atoms with E-state index in [-0.39, 0.29) is 27.2 Å². The van der Waals surface area contributed by atoms with E-state index in [2.05, 4.69) is 10.3 Å². The van der Waals surface area contributed by atoms with Crippen LogP contribution in [0.5, 0.6) is 0 Å². The molecule has 0 spiro atoms. The molecule has 0 fully saturated rings. The number of sulfonamides is 1. The largest absolute Gasteiger partial charge is 0.444 e. The lowest BCUT2D eigenvalue weighted by Crippen LogP contribution is -2.27. The van der Waals surface area contributed by atoms with Crippen molar-refractivity contribution in [2.75, 3.05) is 11.0 Å². The number of oxazole rings is 1. The molecular weight excluding hydrogens is 475 g/mol. The molecule has 0 saturated heterocycles. The number of nitrogens with one attached hydrogen (secondary N) is 2. The molecule has 0 radical (unpaired) electrons. The summed E-state index contributed by atoms with van der Waals surface area (Å²) in [7, 11) is -3.87. The lowest BCUT2D eigenvalue weighted by Gasteiger charge is -2.15. The van der Waals surface area contributed by atoms with Gasteiger partial charge in [0.2, 0.25) is 15.9 Å². The molecule has 0 aliphatic carbocycles. The number of anilines is 1. The van der Waals surface area contributed by atoms with Gasteiger partial charge in [-0.05, 0) is 36.8 Å². The van der Waals surface area contributed by atoms with Gasteiger partial charge in [0.1, 0.15) is 12.0 Å². The van der Waals surface area contributed by atoms with Crippen molar-refractivity contribution in [2.24, 2.45) is 0 Å². The minimum Gasteiger partial charge on any atom is -0.444 e. The topological polar surface area (TPSA) is 101 Å². The summed E-state index contributed by atoms with van der Waals surface area (Å²) in [6.45, 7) is 1.49. The van der Waals surface area contributed by atoms with Crippen molar-refractivity contribution < 1.29 is 26.4 Å². The smallest absolute Gasteiger partial charge is 0.273 e. The number of halogens is 4. The SMILES string of the molecule is C[C@@H](NC(=O)c1coc(-c2cccc(Cl)c2Cl)n1)c1cc(F)c(NS(C)(=O)=O)c(F)c1. The quantitative estimate of drug-likeness (QED) is 0.518. The molecule has 1 heterocycles. The second-order valence-electron chi connectivity index (χ2n) is 6.57.